The van der Waals surface area contributed by atoms with Gasteiger partial charge in [-0.3, -0.25) is 0 Å². The first-order valence-electron chi connectivity index (χ1n) is 4.83. The zero-order valence-electron chi connectivity index (χ0n) is 9.40. The van der Waals surface area contributed by atoms with E-state index in [1.165, 1.54) is 0 Å². The topological polar surface area (TPSA) is 9.23 Å². The highest BCUT2D eigenvalue weighted by Crippen LogP contribution is 2.38. The molecule has 0 saturated heterocycles. The fourth-order valence-corrected chi connectivity index (χ4v) is 1.53. The first-order valence-corrected chi connectivity index (χ1v) is 4.83. The molecule has 1 nitrogen and oxygen atoms in total. The molecule has 0 aromatic rings. The van der Waals surface area contributed by atoms with E-state index in [0.717, 1.165) is 6.92 Å². The number of hydrogen-bond acceptors (Lipinski definition) is 1. The van der Waals surface area contributed by atoms with E-state index in [9.17, 15) is 13.2 Å². The zero-order valence-corrected chi connectivity index (χ0v) is 9.40. The van der Waals surface area contributed by atoms with Gasteiger partial charge < -0.3 is 4.74 Å². The lowest BCUT2D eigenvalue weighted by Crippen LogP contribution is -2.47. The molecule has 86 valence electrons. The van der Waals surface area contributed by atoms with Crippen LogP contribution in [0.25, 0.3) is 0 Å². The summed E-state index contributed by atoms with van der Waals surface area (Å²) in [7, 11) is 0. The van der Waals surface area contributed by atoms with Gasteiger partial charge in [-0.05, 0) is 33.1 Å². The Morgan fingerprint density at radius 3 is 1.71 bits per heavy atom. The maximum atomic E-state index is 12.7. The van der Waals surface area contributed by atoms with E-state index in [4.69, 9.17) is 4.74 Å². The average Bonchev–Trinajstić information content (AvgIpc) is 1.78. The van der Waals surface area contributed by atoms with E-state index in [2.05, 4.69) is 0 Å². The molecule has 4 heteroatoms. The average molecular weight is 212 g/mol. The van der Waals surface area contributed by atoms with Gasteiger partial charge in [-0.25, -0.2) is 0 Å². The summed E-state index contributed by atoms with van der Waals surface area (Å²) in [5.74, 6) is -0.0413. The molecule has 0 heterocycles. The van der Waals surface area contributed by atoms with Crippen LogP contribution >= 0.6 is 0 Å². The zero-order chi connectivity index (χ0) is 11.6. The Labute approximate surface area is 83.6 Å². The molecule has 0 aliphatic rings. The van der Waals surface area contributed by atoms with Crippen molar-refractivity contribution in [2.45, 2.75) is 58.9 Å². The molecular weight excluding hydrogens is 193 g/mol. The molecule has 0 N–H and O–H groups in total. The van der Waals surface area contributed by atoms with Gasteiger partial charge in [0.15, 0.2) is 5.60 Å². The van der Waals surface area contributed by atoms with Crippen molar-refractivity contribution in [3.63, 3.8) is 0 Å². The van der Waals surface area contributed by atoms with Crippen LogP contribution in [0.15, 0.2) is 0 Å². The maximum absolute atomic E-state index is 12.7. The van der Waals surface area contributed by atoms with Gasteiger partial charge in [0.25, 0.3) is 0 Å². The van der Waals surface area contributed by atoms with Crippen LogP contribution in [0.5, 0.6) is 0 Å². The van der Waals surface area contributed by atoms with Gasteiger partial charge in [-0.15, -0.1) is 0 Å². The number of alkyl halides is 3. The third-order valence-corrected chi connectivity index (χ3v) is 1.89. The lowest BCUT2D eigenvalue weighted by atomic mass is 9.93. The Hall–Kier alpha value is -0.250. The van der Waals surface area contributed by atoms with Crippen molar-refractivity contribution in [2.75, 3.05) is 0 Å². The first kappa shape index (κ1) is 13.8. The molecule has 0 amide bonds. The smallest absolute Gasteiger partial charge is 0.363 e. The first-order chi connectivity index (χ1) is 6.08. The van der Waals surface area contributed by atoms with E-state index in [1.54, 1.807) is 27.7 Å². The van der Waals surface area contributed by atoms with Crippen LogP contribution in [0.2, 0.25) is 0 Å². The van der Waals surface area contributed by atoms with E-state index in [-0.39, 0.29) is 12.3 Å². The molecule has 1 atom stereocenters. The molecule has 0 aliphatic heterocycles. The quantitative estimate of drug-likeness (QED) is 0.689. The Kier molecular flexibility index (Phi) is 4.43. The fourth-order valence-electron chi connectivity index (χ4n) is 1.53. The highest BCUT2D eigenvalue weighted by Gasteiger charge is 2.52. The van der Waals surface area contributed by atoms with Crippen LogP contribution < -0.4 is 0 Å². The second-order valence-electron chi connectivity index (χ2n) is 4.49. The summed E-state index contributed by atoms with van der Waals surface area (Å²) in [5.41, 5.74) is -2.02. The number of rotatable bonds is 4. The van der Waals surface area contributed by atoms with Crippen molar-refractivity contribution in [3.05, 3.63) is 0 Å². The number of halogens is 3. The lowest BCUT2D eigenvalue weighted by Gasteiger charge is -2.35. The fraction of sp³-hybridized carbons (Fsp3) is 1.00. The second kappa shape index (κ2) is 4.51. The van der Waals surface area contributed by atoms with Crippen LogP contribution in [0.3, 0.4) is 0 Å². The van der Waals surface area contributed by atoms with Gasteiger partial charge in [0.2, 0.25) is 0 Å². The molecule has 0 aliphatic carbocycles. The van der Waals surface area contributed by atoms with Crippen LogP contribution in [-0.2, 0) is 4.74 Å². The molecule has 0 fully saturated rings. The predicted octanol–water partition coefficient (Wildman–Crippen LogP) is 3.78. The van der Waals surface area contributed by atoms with E-state index >= 15 is 0 Å². The van der Waals surface area contributed by atoms with Crippen molar-refractivity contribution in [3.8, 4) is 0 Å². The van der Waals surface area contributed by atoms with Gasteiger partial charge in [-0.1, -0.05) is 13.8 Å². The van der Waals surface area contributed by atoms with Gasteiger partial charge in [0, 0.05) is 0 Å². The molecule has 0 spiro atoms. The molecule has 0 radical (unpaired) electrons. The van der Waals surface area contributed by atoms with Crippen molar-refractivity contribution in [2.24, 2.45) is 5.92 Å². The van der Waals surface area contributed by atoms with Crippen LogP contribution in [-0.4, -0.2) is 17.9 Å². The van der Waals surface area contributed by atoms with E-state index in [1.807, 2.05) is 0 Å². The van der Waals surface area contributed by atoms with Gasteiger partial charge in [0.1, 0.15) is 0 Å². The Bertz CT molecular complexity index is 163. The summed E-state index contributed by atoms with van der Waals surface area (Å²) >= 11 is 0. The molecule has 0 aromatic carbocycles. The van der Waals surface area contributed by atoms with Gasteiger partial charge >= 0.3 is 6.18 Å². The van der Waals surface area contributed by atoms with Crippen molar-refractivity contribution >= 4 is 0 Å². The van der Waals surface area contributed by atoms with Crippen molar-refractivity contribution in [1.82, 2.24) is 0 Å². The Morgan fingerprint density at radius 2 is 1.50 bits per heavy atom. The highest BCUT2D eigenvalue weighted by atomic mass is 19.4. The molecule has 14 heavy (non-hydrogen) atoms. The summed E-state index contributed by atoms with van der Waals surface area (Å²) in [6.45, 7) is 7.86. The number of hydrogen-bond donors (Lipinski definition) is 0. The van der Waals surface area contributed by atoms with Gasteiger partial charge in [-0.2, -0.15) is 13.2 Å². The third kappa shape index (κ3) is 3.86. The minimum atomic E-state index is -4.30. The SMILES string of the molecule is CC(C)CC(C)(OC(C)C)C(F)(F)F. The summed E-state index contributed by atoms with van der Waals surface area (Å²) in [6, 6.07) is 0. The third-order valence-electron chi connectivity index (χ3n) is 1.89. The number of ether oxygens (including phenoxy) is 1. The van der Waals surface area contributed by atoms with Crippen molar-refractivity contribution < 1.29 is 17.9 Å². The highest BCUT2D eigenvalue weighted by molar-refractivity contribution is 4.85. The molecule has 1 unspecified atom stereocenters. The van der Waals surface area contributed by atoms with Crippen LogP contribution in [0, 0.1) is 5.92 Å². The maximum Gasteiger partial charge on any atom is 0.417 e. The molecule has 0 rings (SSSR count). The Morgan fingerprint density at radius 1 is 1.07 bits per heavy atom. The predicted molar refractivity (Wildman–Crippen MR) is 50.1 cm³/mol. The largest absolute Gasteiger partial charge is 0.417 e. The summed E-state index contributed by atoms with van der Waals surface area (Å²) in [6.07, 6.45) is -4.73. The molecule has 0 bridgehead atoms. The normalized spacial score (nSPS) is 17.6. The van der Waals surface area contributed by atoms with E-state index < -0.39 is 17.9 Å². The molecule has 0 saturated carbocycles. The Balaban J connectivity index is 4.67. The second-order valence-corrected chi connectivity index (χ2v) is 4.49. The monoisotopic (exact) mass is 212 g/mol. The molecule has 0 aromatic heterocycles. The minimum absolute atomic E-state index is 0.00528. The van der Waals surface area contributed by atoms with E-state index in [0.29, 0.717) is 0 Å². The minimum Gasteiger partial charge on any atom is -0.363 e. The summed E-state index contributed by atoms with van der Waals surface area (Å²) in [4.78, 5) is 0. The molecular formula is C10H19F3O. The van der Waals surface area contributed by atoms with Crippen LogP contribution in [0.1, 0.15) is 41.0 Å². The lowest BCUT2D eigenvalue weighted by molar-refractivity contribution is -0.285. The van der Waals surface area contributed by atoms with Gasteiger partial charge in [0.05, 0.1) is 6.10 Å². The van der Waals surface area contributed by atoms with Crippen LogP contribution in [0.4, 0.5) is 13.2 Å². The summed E-state index contributed by atoms with van der Waals surface area (Å²) < 4.78 is 43.1. The summed E-state index contributed by atoms with van der Waals surface area (Å²) in [5, 5.41) is 0. The standard InChI is InChI=1S/C10H19F3O/c1-7(2)6-9(5,10(11,12)13)14-8(3)4/h7-8H,6H2,1-5H3. The van der Waals surface area contributed by atoms with Crippen molar-refractivity contribution in [1.29, 1.82) is 0 Å².